The van der Waals surface area contributed by atoms with Crippen molar-refractivity contribution in [1.29, 1.82) is 0 Å². The Balaban J connectivity index is 2.52. The average Bonchev–Trinajstić information content (AvgIpc) is 2.64. The molecule has 1 heterocycles. The van der Waals surface area contributed by atoms with Gasteiger partial charge in [0, 0.05) is 13.1 Å². The van der Waals surface area contributed by atoms with E-state index in [4.69, 9.17) is 0 Å². The van der Waals surface area contributed by atoms with Gasteiger partial charge in [0.25, 0.3) is 0 Å². The molecule has 0 spiro atoms. The van der Waals surface area contributed by atoms with Crippen LogP contribution in [-0.4, -0.2) is 22.8 Å². The van der Waals surface area contributed by atoms with Gasteiger partial charge >= 0.3 is 12.4 Å². The number of benzene rings is 1. The van der Waals surface area contributed by atoms with Crippen molar-refractivity contribution in [2.75, 3.05) is 0 Å². The second-order valence-corrected chi connectivity index (χ2v) is 6.42. The molecule has 0 saturated carbocycles. The Kier molecular flexibility index (Phi) is 6.73. The molecule has 11 heteroatoms. The van der Waals surface area contributed by atoms with Crippen molar-refractivity contribution in [2.45, 2.75) is 38.3 Å². The van der Waals surface area contributed by atoms with E-state index < -0.39 is 53.1 Å². The van der Waals surface area contributed by atoms with Gasteiger partial charge in [0.1, 0.15) is 6.04 Å². The molecule has 2 amide bonds. The zero-order chi connectivity index (χ0) is 22.7. The fraction of sp³-hybridized carbons (Fsp3) is 0.316. The van der Waals surface area contributed by atoms with Crippen LogP contribution in [0, 0.1) is 0 Å². The van der Waals surface area contributed by atoms with Crippen LogP contribution in [0.3, 0.4) is 0 Å². The Morgan fingerprint density at radius 2 is 1.53 bits per heavy atom. The first-order valence-electron chi connectivity index (χ1n) is 8.57. The summed E-state index contributed by atoms with van der Waals surface area (Å²) in [6.45, 7) is 2.46. The fourth-order valence-corrected chi connectivity index (χ4v) is 2.70. The van der Waals surface area contributed by atoms with Gasteiger partial charge in [-0.15, -0.1) is 0 Å². The molecule has 5 nitrogen and oxygen atoms in total. The minimum Gasteiger partial charge on any atom is -0.345 e. The number of nitrogens with one attached hydrogen (secondary N) is 2. The number of carbonyl (C=O) groups excluding carboxylic acids is 2. The normalized spacial score (nSPS) is 14.0. The van der Waals surface area contributed by atoms with Gasteiger partial charge in [0.2, 0.25) is 11.8 Å². The molecule has 0 fully saturated rings. The number of nitrogens with zero attached hydrogens (tertiary/aromatic N) is 1. The van der Waals surface area contributed by atoms with E-state index in [1.165, 1.54) is 6.92 Å². The molecule has 0 aliphatic carbocycles. The number of hydrogen-bond donors (Lipinski definition) is 2. The number of hydrogen-bond acceptors (Lipinski definition) is 3. The van der Waals surface area contributed by atoms with Crippen LogP contribution in [-0.2, 0) is 21.9 Å². The van der Waals surface area contributed by atoms with Crippen LogP contribution in [0.2, 0.25) is 0 Å². The van der Waals surface area contributed by atoms with E-state index in [0.717, 1.165) is 37.4 Å². The Morgan fingerprint density at radius 1 is 0.933 bits per heavy atom. The van der Waals surface area contributed by atoms with Crippen molar-refractivity contribution in [3.8, 4) is 0 Å². The van der Waals surface area contributed by atoms with E-state index in [1.54, 1.807) is 0 Å². The van der Waals surface area contributed by atoms with Gasteiger partial charge in [-0.2, -0.15) is 26.3 Å². The lowest BCUT2D eigenvalue weighted by Crippen LogP contribution is -2.45. The minimum atomic E-state index is -4.82. The summed E-state index contributed by atoms with van der Waals surface area (Å²) in [6.07, 6.45) is -8.38. The number of carbonyl (C=O) groups is 2. The first kappa shape index (κ1) is 23.2. The van der Waals surface area contributed by atoms with E-state index in [-0.39, 0.29) is 5.56 Å². The molecule has 162 valence electrons. The second-order valence-electron chi connectivity index (χ2n) is 6.42. The van der Waals surface area contributed by atoms with Crippen LogP contribution in [0.25, 0.3) is 0 Å². The van der Waals surface area contributed by atoms with Crippen molar-refractivity contribution < 1.29 is 35.9 Å². The maximum atomic E-state index is 13.5. The summed E-state index contributed by atoms with van der Waals surface area (Å²) in [4.78, 5) is 27.3. The van der Waals surface area contributed by atoms with Gasteiger partial charge < -0.3 is 10.6 Å². The Labute approximate surface area is 167 Å². The maximum Gasteiger partial charge on any atom is 0.418 e. The molecule has 0 aliphatic rings. The number of rotatable bonds is 5. The van der Waals surface area contributed by atoms with Crippen molar-refractivity contribution in [3.63, 3.8) is 0 Å². The molecule has 2 aromatic rings. The predicted molar refractivity (Wildman–Crippen MR) is 93.9 cm³/mol. The smallest absolute Gasteiger partial charge is 0.345 e. The zero-order valence-corrected chi connectivity index (χ0v) is 15.7. The summed E-state index contributed by atoms with van der Waals surface area (Å²) in [5.41, 5.74) is -2.79. The summed E-state index contributed by atoms with van der Waals surface area (Å²) >= 11 is 0. The van der Waals surface area contributed by atoms with E-state index in [9.17, 15) is 35.9 Å². The van der Waals surface area contributed by atoms with Crippen LogP contribution in [0.15, 0.2) is 42.6 Å². The van der Waals surface area contributed by atoms with Crippen molar-refractivity contribution in [3.05, 3.63) is 65.0 Å². The maximum absolute atomic E-state index is 13.5. The summed E-state index contributed by atoms with van der Waals surface area (Å²) in [7, 11) is 0. The quantitative estimate of drug-likeness (QED) is 0.704. The number of halogens is 6. The molecule has 2 rings (SSSR count). The highest BCUT2D eigenvalue weighted by Crippen LogP contribution is 2.36. The van der Waals surface area contributed by atoms with Gasteiger partial charge in [-0.1, -0.05) is 12.1 Å². The van der Waals surface area contributed by atoms with Gasteiger partial charge in [0.05, 0.1) is 22.9 Å². The van der Waals surface area contributed by atoms with Crippen LogP contribution < -0.4 is 10.6 Å². The molecule has 30 heavy (non-hydrogen) atoms. The molecule has 0 saturated heterocycles. The van der Waals surface area contributed by atoms with E-state index in [1.807, 2.05) is 0 Å². The summed E-state index contributed by atoms with van der Waals surface area (Å²) < 4.78 is 78.9. The first-order valence-corrected chi connectivity index (χ1v) is 8.57. The third-order valence-electron chi connectivity index (χ3n) is 4.09. The third kappa shape index (κ3) is 5.71. The molecular weight excluding hydrogens is 416 g/mol. The van der Waals surface area contributed by atoms with E-state index >= 15 is 0 Å². The highest BCUT2D eigenvalue weighted by atomic mass is 19.4. The lowest BCUT2D eigenvalue weighted by Gasteiger charge is -2.24. The molecule has 0 radical (unpaired) electrons. The number of amides is 2. The largest absolute Gasteiger partial charge is 0.418 e. The summed E-state index contributed by atoms with van der Waals surface area (Å²) in [5.74, 6) is -1.38. The molecule has 0 aliphatic heterocycles. The van der Waals surface area contributed by atoms with Gasteiger partial charge in [-0.25, -0.2) is 0 Å². The second kappa shape index (κ2) is 8.72. The van der Waals surface area contributed by atoms with Crippen LogP contribution in [0.1, 0.15) is 42.3 Å². The molecule has 1 aromatic heterocycles. The molecule has 1 unspecified atom stereocenters. The van der Waals surface area contributed by atoms with Crippen LogP contribution >= 0.6 is 0 Å². The molecule has 2 N–H and O–H groups in total. The van der Waals surface area contributed by atoms with Crippen molar-refractivity contribution in [1.82, 2.24) is 15.6 Å². The SMILES string of the molecule is CC(=O)N[C@@H](C)C(=O)NC(c1ccc(C(F)(F)F)cc1)c1ncccc1C(F)(F)F. The minimum absolute atomic E-state index is 0.0458. The average molecular weight is 433 g/mol. The lowest BCUT2D eigenvalue weighted by atomic mass is 9.97. The standard InChI is InChI=1S/C19H17F6N3O2/c1-10(27-11(2)29)17(30)28-15(12-5-7-13(8-6-12)18(20,21)22)16-14(19(23,24)25)4-3-9-26-16/h3-10,15H,1-2H3,(H,27,29)(H,28,30)/t10-,15?/m0/s1. The van der Waals surface area contributed by atoms with Gasteiger partial charge in [-0.3, -0.25) is 14.6 Å². The van der Waals surface area contributed by atoms with Gasteiger partial charge in [0.15, 0.2) is 0 Å². The van der Waals surface area contributed by atoms with Gasteiger partial charge in [-0.05, 0) is 36.8 Å². The Hall–Kier alpha value is -3.11. The van der Waals surface area contributed by atoms with E-state index in [2.05, 4.69) is 15.6 Å². The summed E-state index contributed by atoms with van der Waals surface area (Å²) in [5, 5.41) is 4.61. The van der Waals surface area contributed by atoms with Crippen molar-refractivity contribution in [2.24, 2.45) is 0 Å². The van der Waals surface area contributed by atoms with Crippen molar-refractivity contribution >= 4 is 11.8 Å². The number of pyridine rings is 1. The number of aromatic nitrogens is 1. The Bertz CT molecular complexity index is 910. The molecule has 0 bridgehead atoms. The number of alkyl halides is 6. The highest BCUT2D eigenvalue weighted by molar-refractivity contribution is 5.86. The summed E-state index contributed by atoms with van der Waals surface area (Å²) in [6, 6.07) is 2.52. The fourth-order valence-electron chi connectivity index (χ4n) is 2.70. The predicted octanol–water partition coefficient (Wildman–Crippen LogP) is 3.85. The molecule has 1 aromatic carbocycles. The topological polar surface area (TPSA) is 71.1 Å². The lowest BCUT2D eigenvalue weighted by molar-refractivity contribution is -0.139. The first-order chi connectivity index (χ1) is 13.8. The van der Waals surface area contributed by atoms with Crippen LogP contribution in [0.4, 0.5) is 26.3 Å². The molecular formula is C19H17F6N3O2. The van der Waals surface area contributed by atoms with Crippen LogP contribution in [0.5, 0.6) is 0 Å². The Morgan fingerprint density at radius 3 is 2.03 bits per heavy atom. The zero-order valence-electron chi connectivity index (χ0n) is 15.7. The highest BCUT2D eigenvalue weighted by Gasteiger charge is 2.37. The monoisotopic (exact) mass is 433 g/mol. The van der Waals surface area contributed by atoms with E-state index in [0.29, 0.717) is 12.1 Å². The molecule has 2 atom stereocenters. The third-order valence-corrected chi connectivity index (χ3v) is 4.09.